The number of aryl methyl sites for hydroxylation is 1. The first-order chi connectivity index (χ1) is 7.61. The predicted molar refractivity (Wildman–Crippen MR) is 67.2 cm³/mol. The van der Waals surface area contributed by atoms with Gasteiger partial charge in [0.25, 0.3) is 0 Å². The average molecular weight is 222 g/mol. The molecular weight excluding hydrogens is 200 g/mol. The Bertz CT molecular complexity index is 358. The van der Waals surface area contributed by atoms with Crippen molar-refractivity contribution in [2.75, 3.05) is 11.1 Å². The molecule has 0 radical (unpaired) electrons. The minimum Gasteiger partial charge on any atom is -0.394 e. The van der Waals surface area contributed by atoms with Crippen molar-refractivity contribution in [1.29, 1.82) is 0 Å². The Hall–Kier alpha value is -1.19. The molecule has 16 heavy (non-hydrogen) atoms. The smallest absolute Gasteiger partial charge is 0.171 e. The highest BCUT2D eigenvalue weighted by molar-refractivity contribution is 5.60. The van der Waals surface area contributed by atoms with Crippen LogP contribution >= 0.6 is 0 Å². The number of hydrogen-bond donors (Lipinski definition) is 2. The van der Waals surface area contributed by atoms with E-state index in [2.05, 4.69) is 24.3 Å². The van der Waals surface area contributed by atoms with Gasteiger partial charge in [-0.05, 0) is 24.7 Å². The number of aromatic nitrogens is 2. The molecule has 0 amide bonds. The molecule has 90 valence electrons. The fourth-order valence-corrected chi connectivity index (χ4v) is 2.82. The third-order valence-corrected chi connectivity index (χ3v) is 3.93. The SMILES string of the molecule is CCC1CCC(Nc2nn(C)cc2N)C1C. The molecule has 0 bridgehead atoms. The third kappa shape index (κ3) is 2.01. The fraction of sp³-hybridized carbons (Fsp3) is 0.750. The van der Waals surface area contributed by atoms with Gasteiger partial charge in [0.05, 0.1) is 5.69 Å². The zero-order valence-corrected chi connectivity index (χ0v) is 10.4. The Morgan fingerprint density at radius 3 is 2.81 bits per heavy atom. The van der Waals surface area contributed by atoms with E-state index >= 15 is 0 Å². The summed E-state index contributed by atoms with van der Waals surface area (Å²) in [4.78, 5) is 0. The second kappa shape index (κ2) is 4.36. The zero-order valence-electron chi connectivity index (χ0n) is 10.4. The lowest BCUT2D eigenvalue weighted by molar-refractivity contribution is 0.391. The van der Waals surface area contributed by atoms with Gasteiger partial charge < -0.3 is 11.1 Å². The van der Waals surface area contributed by atoms with Gasteiger partial charge in [0, 0.05) is 19.3 Å². The summed E-state index contributed by atoms with van der Waals surface area (Å²) in [6.45, 7) is 4.61. The highest BCUT2D eigenvalue weighted by Gasteiger charge is 2.32. The molecule has 1 fully saturated rings. The molecular formula is C12H22N4. The van der Waals surface area contributed by atoms with Gasteiger partial charge in [0.1, 0.15) is 0 Å². The van der Waals surface area contributed by atoms with Gasteiger partial charge in [-0.25, -0.2) is 0 Å². The van der Waals surface area contributed by atoms with Gasteiger partial charge in [-0.1, -0.05) is 20.3 Å². The van der Waals surface area contributed by atoms with Gasteiger partial charge in [0.15, 0.2) is 5.82 Å². The van der Waals surface area contributed by atoms with E-state index in [-0.39, 0.29) is 0 Å². The highest BCUT2D eigenvalue weighted by Crippen LogP contribution is 2.36. The van der Waals surface area contributed by atoms with Crippen molar-refractivity contribution in [1.82, 2.24) is 9.78 Å². The number of nitrogens with zero attached hydrogens (tertiary/aromatic N) is 2. The van der Waals surface area contributed by atoms with Gasteiger partial charge >= 0.3 is 0 Å². The van der Waals surface area contributed by atoms with E-state index in [1.54, 1.807) is 4.68 Å². The Morgan fingerprint density at radius 1 is 1.56 bits per heavy atom. The van der Waals surface area contributed by atoms with E-state index < -0.39 is 0 Å². The number of nitrogens with one attached hydrogen (secondary N) is 1. The highest BCUT2D eigenvalue weighted by atomic mass is 15.3. The molecule has 3 unspecified atom stereocenters. The Balaban J connectivity index is 2.03. The molecule has 4 heteroatoms. The summed E-state index contributed by atoms with van der Waals surface area (Å²) >= 11 is 0. The first-order valence-corrected chi connectivity index (χ1v) is 6.17. The summed E-state index contributed by atoms with van der Waals surface area (Å²) in [5, 5.41) is 7.83. The molecule has 1 aliphatic carbocycles. The first kappa shape index (κ1) is 11.3. The predicted octanol–water partition coefficient (Wildman–Crippen LogP) is 2.24. The summed E-state index contributed by atoms with van der Waals surface area (Å²) in [7, 11) is 1.90. The number of nitrogen functional groups attached to an aromatic ring is 1. The van der Waals surface area contributed by atoms with Crippen LogP contribution in [0.25, 0.3) is 0 Å². The van der Waals surface area contributed by atoms with Crippen LogP contribution in [-0.4, -0.2) is 15.8 Å². The molecule has 1 heterocycles. The largest absolute Gasteiger partial charge is 0.394 e. The lowest BCUT2D eigenvalue weighted by Crippen LogP contribution is -2.25. The topological polar surface area (TPSA) is 55.9 Å². The van der Waals surface area contributed by atoms with Crippen molar-refractivity contribution in [2.24, 2.45) is 18.9 Å². The van der Waals surface area contributed by atoms with Gasteiger partial charge in [-0.3, -0.25) is 4.68 Å². The van der Waals surface area contributed by atoms with Gasteiger partial charge in [-0.2, -0.15) is 5.10 Å². The van der Waals surface area contributed by atoms with Crippen molar-refractivity contribution < 1.29 is 0 Å². The van der Waals surface area contributed by atoms with Crippen LogP contribution in [-0.2, 0) is 7.05 Å². The number of hydrogen-bond acceptors (Lipinski definition) is 3. The minimum atomic E-state index is 0.530. The van der Waals surface area contributed by atoms with E-state index in [9.17, 15) is 0 Å². The monoisotopic (exact) mass is 222 g/mol. The van der Waals surface area contributed by atoms with Crippen molar-refractivity contribution in [2.45, 2.75) is 39.2 Å². The number of nitrogens with two attached hydrogens (primary N) is 1. The van der Waals surface area contributed by atoms with Crippen molar-refractivity contribution in [3.05, 3.63) is 6.20 Å². The summed E-state index contributed by atoms with van der Waals surface area (Å²) in [6, 6.07) is 0.530. The molecule has 1 aliphatic rings. The molecule has 2 rings (SSSR count). The summed E-state index contributed by atoms with van der Waals surface area (Å²) < 4.78 is 1.76. The standard InChI is InChI=1S/C12H22N4/c1-4-9-5-6-11(8(9)2)14-12-10(13)7-16(3)15-12/h7-9,11H,4-6,13H2,1-3H3,(H,14,15). The lowest BCUT2D eigenvalue weighted by atomic mass is 9.93. The maximum atomic E-state index is 5.89. The van der Waals surface area contributed by atoms with Crippen LogP contribution in [0.2, 0.25) is 0 Å². The molecule has 1 saturated carbocycles. The van der Waals surface area contributed by atoms with Crippen LogP contribution in [0.5, 0.6) is 0 Å². The minimum absolute atomic E-state index is 0.530. The summed E-state index contributed by atoms with van der Waals surface area (Å²) in [5.41, 5.74) is 6.63. The quantitative estimate of drug-likeness (QED) is 0.824. The van der Waals surface area contributed by atoms with Gasteiger partial charge in [0.2, 0.25) is 0 Å². The maximum absolute atomic E-state index is 5.89. The van der Waals surface area contributed by atoms with Crippen molar-refractivity contribution in [3.63, 3.8) is 0 Å². The van der Waals surface area contributed by atoms with Crippen LogP contribution < -0.4 is 11.1 Å². The van der Waals surface area contributed by atoms with Crippen molar-refractivity contribution >= 4 is 11.5 Å². The molecule has 0 aromatic carbocycles. The molecule has 3 atom stereocenters. The average Bonchev–Trinajstić information content (AvgIpc) is 2.73. The Kier molecular flexibility index (Phi) is 3.08. The molecule has 0 aliphatic heterocycles. The van der Waals surface area contributed by atoms with Crippen LogP contribution in [0.4, 0.5) is 11.5 Å². The molecule has 1 aromatic heterocycles. The van der Waals surface area contributed by atoms with Crippen LogP contribution in [0, 0.1) is 11.8 Å². The summed E-state index contributed by atoms with van der Waals surface area (Å²) in [6.07, 6.45) is 5.67. The molecule has 3 N–H and O–H groups in total. The van der Waals surface area contributed by atoms with Crippen LogP contribution in [0.3, 0.4) is 0 Å². The molecule has 0 spiro atoms. The van der Waals surface area contributed by atoms with E-state index in [1.807, 2.05) is 13.2 Å². The molecule has 1 aromatic rings. The number of rotatable bonds is 3. The Labute approximate surface area is 97.2 Å². The third-order valence-electron chi connectivity index (χ3n) is 3.93. The van der Waals surface area contributed by atoms with E-state index in [1.165, 1.54) is 19.3 Å². The molecule has 0 saturated heterocycles. The lowest BCUT2D eigenvalue weighted by Gasteiger charge is -2.20. The van der Waals surface area contributed by atoms with Gasteiger partial charge in [-0.15, -0.1) is 0 Å². The molecule has 4 nitrogen and oxygen atoms in total. The second-order valence-electron chi connectivity index (χ2n) is 4.96. The van der Waals surface area contributed by atoms with Crippen LogP contribution in [0.1, 0.15) is 33.1 Å². The number of anilines is 2. The second-order valence-corrected chi connectivity index (χ2v) is 4.96. The fourth-order valence-electron chi connectivity index (χ4n) is 2.82. The van der Waals surface area contributed by atoms with Crippen molar-refractivity contribution in [3.8, 4) is 0 Å². The Morgan fingerprint density at radius 2 is 2.31 bits per heavy atom. The summed E-state index contributed by atoms with van der Waals surface area (Å²) in [5.74, 6) is 2.41. The maximum Gasteiger partial charge on any atom is 0.171 e. The van der Waals surface area contributed by atoms with E-state index in [4.69, 9.17) is 5.73 Å². The van der Waals surface area contributed by atoms with E-state index in [0.29, 0.717) is 12.0 Å². The van der Waals surface area contributed by atoms with E-state index in [0.717, 1.165) is 17.4 Å². The first-order valence-electron chi connectivity index (χ1n) is 6.17. The normalized spacial score (nSPS) is 29.6. The van der Waals surface area contributed by atoms with Crippen LogP contribution in [0.15, 0.2) is 6.20 Å². The zero-order chi connectivity index (χ0) is 11.7.